The number of aliphatic carboxylic acids is 1. The van der Waals surface area contributed by atoms with Gasteiger partial charge in [-0.3, -0.25) is 9.59 Å². The van der Waals surface area contributed by atoms with Gasteiger partial charge in [-0.2, -0.15) is 0 Å². The van der Waals surface area contributed by atoms with Gasteiger partial charge in [0.25, 0.3) is 0 Å². The normalized spacial score (nSPS) is 9.95. The maximum absolute atomic E-state index is 11.8. The summed E-state index contributed by atoms with van der Waals surface area (Å²) in [6, 6.07) is 4.07. The molecule has 112 valence electrons. The van der Waals surface area contributed by atoms with E-state index in [1.165, 1.54) is 25.1 Å². The lowest BCUT2D eigenvalue weighted by Gasteiger charge is -2.07. The Hall–Kier alpha value is -2.70. The average Bonchev–Trinajstić information content (AvgIpc) is 2.37. The van der Waals surface area contributed by atoms with Crippen LogP contribution in [0.1, 0.15) is 45.5 Å². The molecule has 1 aromatic rings. The van der Waals surface area contributed by atoms with Crippen LogP contribution in [0, 0.1) is 6.92 Å². The topological polar surface area (TPSA) is 118 Å². The second kappa shape index (κ2) is 7.18. The fourth-order valence-corrected chi connectivity index (χ4v) is 1.68. The molecule has 1 rings (SSSR count). The van der Waals surface area contributed by atoms with Crippen molar-refractivity contribution in [3.05, 3.63) is 34.9 Å². The summed E-state index contributed by atoms with van der Waals surface area (Å²) in [5.41, 5.74) is 0.137. The van der Waals surface area contributed by atoms with Crippen molar-refractivity contribution in [2.24, 2.45) is 0 Å². The highest BCUT2D eigenvalue weighted by atomic mass is 16.6. The molecule has 21 heavy (non-hydrogen) atoms. The van der Waals surface area contributed by atoms with Crippen molar-refractivity contribution >= 4 is 23.9 Å². The van der Waals surface area contributed by atoms with E-state index in [4.69, 9.17) is 10.2 Å². The van der Waals surface area contributed by atoms with Crippen LogP contribution in [0.5, 0.6) is 0 Å². The van der Waals surface area contributed by atoms with Gasteiger partial charge < -0.3 is 14.9 Å². The first kappa shape index (κ1) is 16.4. The van der Waals surface area contributed by atoms with Gasteiger partial charge in [0.05, 0.1) is 11.1 Å². The Balaban J connectivity index is 2.72. The van der Waals surface area contributed by atoms with Crippen molar-refractivity contribution in [1.82, 2.24) is 0 Å². The summed E-state index contributed by atoms with van der Waals surface area (Å²) < 4.78 is 4.57. The number of aromatic carboxylic acids is 1. The Morgan fingerprint density at radius 2 is 1.67 bits per heavy atom. The number of rotatable bonds is 6. The lowest BCUT2D eigenvalue weighted by atomic mass is 10.0. The van der Waals surface area contributed by atoms with Gasteiger partial charge in [0.15, 0.2) is 0 Å². The molecule has 0 aliphatic carbocycles. The van der Waals surface area contributed by atoms with Crippen LogP contribution in [0.25, 0.3) is 0 Å². The SMILES string of the molecule is Cc1c(C(=O)O)cccc1C(=O)OC(=O)CCCC(=O)O. The molecule has 2 N–H and O–H groups in total. The minimum atomic E-state index is -1.19. The van der Waals surface area contributed by atoms with Crippen molar-refractivity contribution in [3.63, 3.8) is 0 Å². The predicted octanol–water partition coefficient (Wildman–Crippen LogP) is 1.63. The van der Waals surface area contributed by atoms with Crippen molar-refractivity contribution in [2.75, 3.05) is 0 Å². The highest BCUT2D eigenvalue weighted by molar-refractivity contribution is 6.01. The highest BCUT2D eigenvalue weighted by Crippen LogP contribution is 2.15. The molecular formula is C14H14O7. The molecule has 0 unspecified atom stereocenters. The van der Waals surface area contributed by atoms with Gasteiger partial charge in [0.1, 0.15) is 0 Å². The van der Waals surface area contributed by atoms with Gasteiger partial charge >= 0.3 is 23.9 Å². The van der Waals surface area contributed by atoms with Gasteiger partial charge in [-0.15, -0.1) is 0 Å². The van der Waals surface area contributed by atoms with E-state index >= 15 is 0 Å². The Bertz CT molecular complexity index is 589. The molecule has 0 fully saturated rings. The third-order valence-corrected chi connectivity index (χ3v) is 2.76. The van der Waals surface area contributed by atoms with Crippen LogP contribution in [0.15, 0.2) is 18.2 Å². The van der Waals surface area contributed by atoms with Crippen LogP contribution in [0.3, 0.4) is 0 Å². The summed E-state index contributed by atoms with van der Waals surface area (Å²) >= 11 is 0. The fourth-order valence-electron chi connectivity index (χ4n) is 1.68. The van der Waals surface area contributed by atoms with Crippen molar-refractivity contribution in [3.8, 4) is 0 Å². The van der Waals surface area contributed by atoms with E-state index in [0.29, 0.717) is 0 Å². The average molecular weight is 294 g/mol. The monoisotopic (exact) mass is 294 g/mol. The van der Waals surface area contributed by atoms with E-state index < -0.39 is 23.9 Å². The fraction of sp³-hybridized carbons (Fsp3) is 0.286. The Kier molecular flexibility index (Phi) is 5.59. The molecule has 7 heteroatoms. The van der Waals surface area contributed by atoms with Crippen LogP contribution in [-0.2, 0) is 14.3 Å². The second-order valence-corrected chi connectivity index (χ2v) is 4.29. The molecule has 0 aliphatic rings. The van der Waals surface area contributed by atoms with E-state index in [1.807, 2.05) is 0 Å². The second-order valence-electron chi connectivity index (χ2n) is 4.29. The number of esters is 2. The number of hydrogen-bond donors (Lipinski definition) is 2. The summed E-state index contributed by atoms with van der Waals surface area (Å²) in [5.74, 6) is -4.02. The van der Waals surface area contributed by atoms with Gasteiger partial charge in [-0.1, -0.05) is 6.07 Å². The van der Waals surface area contributed by atoms with Crippen molar-refractivity contribution < 1.29 is 34.1 Å². The number of benzene rings is 1. The zero-order chi connectivity index (χ0) is 16.0. The van der Waals surface area contributed by atoms with E-state index in [9.17, 15) is 19.2 Å². The molecule has 7 nitrogen and oxygen atoms in total. The van der Waals surface area contributed by atoms with Gasteiger partial charge in [0, 0.05) is 12.8 Å². The first-order valence-electron chi connectivity index (χ1n) is 6.12. The third-order valence-electron chi connectivity index (χ3n) is 2.76. The highest BCUT2D eigenvalue weighted by Gasteiger charge is 2.19. The Morgan fingerprint density at radius 3 is 2.24 bits per heavy atom. The summed E-state index contributed by atoms with van der Waals surface area (Å²) in [4.78, 5) is 44.4. The van der Waals surface area contributed by atoms with E-state index in [1.54, 1.807) is 0 Å². The molecule has 0 radical (unpaired) electrons. The minimum Gasteiger partial charge on any atom is -0.481 e. The third kappa shape index (κ3) is 4.72. The molecule has 0 heterocycles. The molecule has 0 atom stereocenters. The summed E-state index contributed by atoms with van der Waals surface area (Å²) in [6.45, 7) is 1.44. The van der Waals surface area contributed by atoms with Crippen LogP contribution in [-0.4, -0.2) is 34.1 Å². The van der Waals surface area contributed by atoms with Crippen LogP contribution >= 0.6 is 0 Å². The maximum atomic E-state index is 11.8. The lowest BCUT2D eigenvalue weighted by molar-refractivity contribution is -0.139. The van der Waals surface area contributed by atoms with Gasteiger partial charge in [-0.05, 0) is 31.0 Å². The number of carbonyl (C=O) groups excluding carboxylic acids is 2. The molecule has 0 aromatic heterocycles. The van der Waals surface area contributed by atoms with Gasteiger partial charge in [0.2, 0.25) is 0 Å². The smallest absolute Gasteiger partial charge is 0.346 e. The first-order chi connectivity index (χ1) is 9.82. The molecule has 1 aromatic carbocycles. The number of carbonyl (C=O) groups is 4. The molecular weight excluding hydrogens is 280 g/mol. The predicted molar refractivity (Wildman–Crippen MR) is 70.0 cm³/mol. The number of carboxylic acids is 2. The number of hydrogen-bond acceptors (Lipinski definition) is 5. The molecule has 0 bridgehead atoms. The number of carboxylic acid groups (broad SMARTS) is 2. The quantitative estimate of drug-likeness (QED) is 0.604. The van der Waals surface area contributed by atoms with E-state index in [0.717, 1.165) is 0 Å². The van der Waals surface area contributed by atoms with Crippen LogP contribution in [0.2, 0.25) is 0 Å². The maximum Gasteiger partial charge on any atom is 0.346 e. The first-order valence-corrected chi connectivity index (χ1v) is 6.12. The standard InChI is InChI=1S/C14H14O7/c1-8-9(13(18)19)4-2-5-10(8)14(20)21-12(17)7-3-6-11(15)16/h2,4-5H,3,6-7H2,1H3,(H,15,16)(H,18,19). The molecule has 0 amide bonds. The Morgan fingerprint density at radius 1 is 1.05 bits per heavy atom. The number of ether oxygens (including phenoxy) is 1. The van der Waals surface area contributed by atoms with Crippen molar-refractivity contribution in [2.45, 2.75) is 26.2 Å². The molecule has 0 aliphatic heterocycles. The summed E-state index contributed by atoms with van der Waals surface area (Å²) in [6.07, 6.45) is -0.331. The van der Waals surface area contributed by atoms with Crippen molar-refractivity contribution in [1.29, 1.82) is 0 Å². The lowest BCUT2D eigenvalue weighted by Crippen LogP contribution is -2.15. The zero-order valence-electron chi connectivity index (χ0n) is 11.3. The molecule has 0 saturated heterocycles. The van der Waals surface area contributed by atoms with Crippen LogP contribution < -0.4 is 0 Å². The minimum absolute atomic E-state index is 0.0125. The zero-order valence-corrected chi connectivity index (χ0v) is 11.3. The molecule has 0 spiro atoms. The van der Waals surface area contributed by atoms with E-state index in [2.05, 4.69) is 4.74 Å². The Labute approximate surface area is 120 Å². The summed E-state index contributed by atoms with van der Waals surface area (Å²) in [5, 5.41) is 17.4. The van der Waals surface area contributed by atoms with Gasteiger partial charge in [-0.25, -0.2) is 9.59 Å². The van der Waals surface area contributed by atoms with E-state index in [-0.39, 0.29) is 36.0 Å². The van der Waals surface area contributed by atoms with Crippen LogP contribution in [0.4, 0.5) is 0 Å². The largest absolute Gasteiger partial charge is 0.481 e. The summed E-state index contributed by atoms with van der Waals surface area (Å²) in [7, 11) is 0. The molecule has 0 saturated carbocycles.